The zero-order chi connectivity index (χ0) is 44.0. The molecule has 0 unspecified atom stereocenters. The summed E-state index contributed by atoms with van der Waals surface area (Å²) in [5.41, 5.74) is 6.97. The van der Waals surface area contributed by atoms with Crippen LogP contribution in [0.25, 0.3) is 0 Å². The molecule has 0 radical (unpaired) electrons. The lowest BCUT2D eigenvalue weighted by Gasteiger charge is -2.35. The summed E-state index contributed by atoms with van der Waals surface area (Å²) in [7, 11) is 0. The number of hydrogen-bond acceptors (Lipinski definition) is 8. The van der Waals surface area contributed by atoms with Gasteiger partial charge in [-0.3, -0.25) is 0 Å². The van der Waals surface area contributed by atoms with Crippen LogP contribution in [0.15, 0.2) is 206 Å². The maximum absolute atomic E-state index is 14.1. The highest BCUT2D eigenvalue weighted by atomic mass is 16.6. The first kappa shape index (κ1) is 42.3. The Morgan fingerprint density at radius 2 is 0.877 bits per heavy atom. The summed E-state index contributed by atoms with van der Waals surface area (Å²) in [5.74, 6) is 2.95. The van der Waals surface area contributed by atoms with Crippen molar-refractivity contribution in [2.45, 2.75) is 51.7 Å². The first-order valence-corrected chi connectivity index (χ1v) is 21.7. The van der Waals surface area contributed by atoms with Gasteiger partial charge in [0.15, 0.2) is 17.6 Å². The van der Waals surface area contributed by atoms with Gasteiger partial charge in [-0.05, 0) is 64.2 Å². The van der Waals surface area contributed by atoms with Gasteiger partial charge in [-0.2, -0.15) is 0 Å². The SMILES string of the molecule is O=C(O[C@H]1Cc2c(OCc3ccccc3)cc(OCc3ccccc3)cc2O[C@@H]1c1ccc(OCc2ccccc2)c(OCc2ccccc2)c1)c1ccc(OCc2ccccc2)cc1. The van der Waals surface area contributed by atoms with Gasteiger partial charge in [0.2, 0.25) is 0 Å². The van der Waals surface area contributed by atoms with Crippen LogP contribution in [-0.4, -0.2) is 12.1 Å². The predicted octanol–water partition coefficient (Wildman–Crippen LogP) is 12.5. The molecule has 65 heavy (non-hydrogen) atoms. The molecule has 9 rings (SSSR count). The Kier molecular flexibility index (Phi) is 13.6. The van der Waals surface area contributed by atoms with Crippen LogP contribution in [0, 0.1) is 0 Å². The van der Waals surface area contributed by atoms with Crippen LogP contribution < -0.4 is 28.4 Å². The lowest BCUT2D eigenvalue weighted by Crippen LogP contribution is -2.35. The average Bonchev–Trinajstić information content (AvgIpc) is 3.37. The van der Waals surface area contributed by atoms with Gasteiger partial charge in [0, 0.05) is 29.7 Å². The van der Waals surface area contributed by atoms with Crippen molar-refractivity contribution in [1.29, 1.82) is 0 Å². The average molecular weight is 861 g/mol. The number of rotatable bonds is 18. The largest absolute Gasteiger partial charge is 0.489 e. The van der Waals surface area contributed by atoms with Crippen LogP contribution in [0.5, 0.6) is 34.5 Å². The lowest BCUT2D eigenvalue weighted by atomic mass is 9.93. The third kappa shape index (κ3) is 11.4. The van der Waals surface area contributed by atoms with Crippen LogP contribution in [0.3, 0.4) is 0 Å². The standard InChI is InChI=1S/C57H48O8/c58-57(46-26-29-48(30-27-46)59-36-41-16-6-1-7-17-41)65-55-35-50-52(62-39-44-22-12-4-13-23-44)33-49(60-37-42-18-8-2-9-19-42)34-53(50)64-56(55)47-28-31-51(61-38-43-20-10-3-11-21-43)54(32-47)63-40-45-24-14-5-15-25-45/h1-34,55-56H,35-40H2/t55-,56+/m0/s1. The predicted molar refractivity (Wildman–Crippen MR) is 249 cm³/mol. The Hall–Kier alpha value is -7.97. The fraction of sp³-hybridized carbons (Fsp3) is 0.140. The van der Waals surface area contributed by atoms with E-state index in [1.54, 1.807) is 24.3 Å². The third-order valence-electron chi connectivity index (χ3n) is 11.0. The molecule has 2 atom stereocenters. The highest BCUT2D eigenvalue weighted by molar-refractivity contribution is 5.89. The summed E-state index contributed by atoms with van der Waals surface area (Å²) < 4.78 is 45.3. The van der Waals surface area contributed by atoms with Crippen molar-refractivity contribution in [1.82, 2.24) is 0 Å². The molecule has 1 aliphatic rings. The monoisotopic (exact) mass is 860 g/mol. The molecule has 1 heterocycles. The summed E-state index contributed by atoms with van der Waals surface area (Å²) >= 11 is 0. The van der Waals surface area contributed by atoms with Crippen LogP contribution in [0.2, 0.25) is 0 Å². The molecule has 0 aliphatic carbocycles. The Bertz CT molecular complexity index is 2750. The van der Waals surface area contributed by atoms with Crippen molar-refractivity contribution >= 4 is 5.97 Å². The van der Waals surface area contributed by atoms with Crippen molar-refractivity contribution in [3.8, 4) is 34.5 Å². The highest BCUT2D eigenvalue weighted by Crippen LogP contribution is 2.45. The van der Waals surface area contributed by atoms with Crippen molar-refractivity contribution in [2.24, 2.45) is 0 Å². The molecule has 0 spiro atoms. The second kappa shape index (κ2) is 20.9. The van der Waals surface area contributed by atoms with Crippen LogP contribution >= 0.6 is 0 Å². The van der Waals surface area contributed by atoms with Crippen LogP contribution in [0.4, 0.5) is 0 Å². The summed E-state index contributed by atoms with van der Waals surface area (Å²) in [5, 5.41) is 0. The molecule has 0 bridgehead atoms. The molecular weight excluding hydrogens is 813 g/mol. The minimum absolute atomic E-state index is 0.291. The molecule has 1 aliphatic heterocycles. The van der Waals surface area contributed by atoms with Gasteiger partial charge in [0.25, 0.3) is 0 Å². The minimum atomic E-state index is -0.780. The van der Waals surface area contributed by atoms with E-state index in [0.717, 1.165) is 38.9 Å². The molecule has 324 valence electrons. The number of esters is 1. The molecule has 0 saturated heterocycles. The number of benzene rings is 8. The second-order valence-electron chi connectivity index (χ2n) is 15.7. The molecule has 0 saturated carbocycles. The summed E-state index contributed by atoms with van der Waals surface area (Å²) in [6.07, 6.45) is -1.25. The first-order valence-electron chi connectivity index (χ1n) is 21.7. The lowest BCUT2D eigenvalue weighted by molar-refractivity contribution is -0.0190. The smallest absolute Gasteiger partial charge is 0.338 e. The third-order valence-corrected chi connectivity index (χ3v) is 11.0. The summed E-state index contributed by atoms with van der Waals surface area (Å²) in [6, 6.07) is 66.3. The fourth-order valence-corrected chi connectivity index (χ4v) is 7.54. The van der Waals surface area contributed by atoms with Gasteiger partial charge in [0.05, 0.1) is 5.56 Å². The minimum Gasteiger partial charge on any atom is -0.489 e. The Labute approximate surface area is 379 Å². The van der Waals surface area contributed by atoms with Gasteiger partial charge in [-0.15, -0.1) is 0 Å². The number of ether oxygens (including phenoxy) is 7. The number of carbonyl (C=O) groups excluding carboxylic acids is 1. The zero-order valence-corrected chi connectivity index (χ0v) is 35.8. The van der Waals surface area contributed by atoms with E-state index < -0.39 is 18.2 Å². The van der Waals surface area contributed by atoms with Crippen LogP contribution in [0.1, 0.15) is 55.4 Å². The van der Waals surface area contributed by atoms with Gasteiger partial charge in [0.1, 0.15) is 62.1 Å². The van der Waals surface area contributed by atoms with Gasteiger partial charge >= 0.3 is 5.97 Å². The van der Waals surface area contributed by atoms with E-state index in [0.29, 0.717) is 79.5 Å². The first-order chi connectivity index (χ1) is 32.1. The molecule has 8 aromatic carbocycles. The maximum atomic E-state index is 14.1. The maximum Gasteiger partial charge on any atom is 0.338 e. The Morgan fingerprint density at radius 3 is 1.38 bits per heavy atom. The van der Waals surface area contributed by atoms with Gasteiger partial charge in [-0.1, -0.05) is 158 Å². The van der Waals surface area contributed by atoms with E-state index in [4.69, 9.17) is 33.2 Å². The van der Waals surface area contributed by atoms with Crippen molar-refractivity contribution in [3.05, 3.63) is 251 Å². The zero-order valence-electron chi connectivity index (χ0n) is 35.8. The molecular formula is C57H48O8. The van der Waals surface area contributed by atoms with Gasteiger partial charge < -0.3 is 33.2 Å². The Balaban J connectivity index is 1.04. The molecule has 0 amide bonds. The fourth-order valence-electron chi connectivity index (χ4n) is 7.54. The Morgan fingerprint density at radius 1 is 0.431 bits per heavy atom. The summed E-state index contributed by atoms with van der Waals surface area (Å²) in [4.78, 5) is 14.1. The molecule has 0 fully saturated rings. The van der Waals surface area contributed by atoms with Crippen LogP contribution in [-0.2, 0) is 44.2 Å². The molecule has 0 aromatic heterocycles. The quantitative estimate of drug-likeness (QED) is 0.0789. The van der Waals surface area contributed by atoms with E-state index in [9.17, 15) is 4.79 Å². The van der Waals surface area contributed by atoms with Gasteiger partial charge in [-0.25, -0.2) is 4.79 Å². The van der Waals surface area contributed by atoms with E-state index in [1.165, 1.54) is 0 Å². The van der Waals surface area contributed by atoms with Crippen molar-refractivity contribution in [3.63, 3.8) is 0 Å². The molecule has 8 aromatic rings. The van der Waals surface area contributed by atoms with Crippen molar-refractivity contribution in [2.75, 3.05) is 0 Å². The van der Waals surface area contributed by atoms with E-state index in [1.807, 2.05) is 182 Å². The molecule has 8 heteroatoms. The number of fused-ring (bicyclic) bond motifs is 1. The van der Waals surface area contributed by atoms with E-state index in [2.05, 4.69) is 0 Å². The number of carbonyl (C=O) groups is 1. The van der Waals surface area contributed by atoms with Crippen molar-refractivity contribution < 1.29 is 38.0 Å². The highest BCUT2D eigenvalue weighted by Gasteiger charge is 2.37. The molecule has 8 nitrogen and oxygen atoms in total. The number of hydrogen-bond donors (Lipinski definition) is 0. The van der Waals surface area contributed by atoms with E-state index >= 15 is 0 Å². The normalized spacial score (nSPS) is 14.0. The topological polar surface area (TPSA) is 81.7 Å². The second-order valence-corrected chi connectivity index (χ2v) is 15.7. The molecule has 0 N–H and O–H groups in total. The van der Waals surface area contributed by atoms with E-state index in [-0.39, 0.29) is 0 Å². The summed E-state index contributed by atoms with van der Waals surface area (Å²) in [6.45, 7) is 1.74.